The van der Waals surface area contributed by atoms with E-state index in [0.717, 1.165) is 30.4 Å². The third-order valence-corrected chi connectivity index (χ3v) is 7.42. The van der Waals surface area contributed by atoms with Crippen LogP contribution in [0.4, 0.5) is 0 Å². The second-order valence-corrected chi connectivity index (χ2v) is 9.85. The minimum atomic E-state index is -3.87. The lowest BCUT2D eigenvalue weighted by atomic mass is 9.87. The van der Waals surface area contributed by atoms with Crippen molar-refractivity contribution in [1.29, 1.82) is 0 Å². The van der Waals surface area contributed by atoms with Crippen LogP contribution in [0.3, 0.4) is 0 Å². The summed E-state index contributed by atoms with van der Waals surface area (Å²) in [6.45, 7) is 0.241. The van der Waals surface area contributed by atoms with Gasteiger partial charge in [-0.1, -0.05) is 54.6 Å². The quantitative estimate of drug-likeness (QED) is 0.527. The number of hydrogen-bond acceptors (Lipinski definition) is 4. The summed E-state index contributed by atoms with van der Waals surface area (Å²) < 4.78 is 33.9. The van der Waals surface area contributed by atoms with Crippen LogP contribution in [-0.4, -0.2) is 28.0 Å². The fourth-order valence-electron chi connectivity index (χ4n) is 4.23. The van der Waals surface area contributed by atoms with Gasteiger partial charge in [0.2, 0.25) is 10.0 Å². The fourth-order valence-corrected chi connectivity index (χ4v) is 5.45. The van der Waals surface area contributed by atoms with Crippen LogP contribution in [0.2, 0.25) is 0 Å². The molecule has 0 fully saturated rings. The fraction of sp³-hybridized carbons (Fsp3) is 0.269. The molecular formula is C26H28N2O4S. The van der Waals surface area contributed by atoms with Gasteiger partial charge in [-0.2, -0.15) is 0 Å². The van der Waals surface area contributed by atoms with Crippen molar-refractivity contribution in [3.05, 3.63) is 95.1 Å². The van der Waals surface area contributed by atoms with E-state index in [1.165, 1.54) is 24.8 Å². The summed E-state index contributed by atoms with van der Waals surface area (Å²) in [5, 5.41) is 3.08. The molecule has 0 unspecified atom stereocenters. The highest BCUT2D eigenvalue weighted by molar-refractivity contribution is 7.89. The molecule has 0 radical (unpaired) electrons. The molecule has 1 atom stereocenters. The monoisotopic (exact) mass is 464 g/mol. The molecule has 0 aliphatic heterocycles. The van der Waals surface area contributed by atoms with Gasteiger partial charge in [0.15, 0.2) is 0 Å². The van der Waals surface area contributed by atoms with Crippen molar-refractivity contribution in [2.24, 2.45) is 0 Å². The van der Waals surface area contributed by atoms with Crippen molar-refractivity contribution < 1.29 is 17.9 Å². The normalized spacial score (nSPS) is 15.5. The first-order chi connectivity index (χ1) is 16.0. The lowest BCUT2D eigenvalue weighted by Crippen LogP contribution is -2.31. The van der Waals surface area contributed by atoms with E-state index >= 15 is 0 Å². The van der Waals surface area contributed by atoms with Gasteiger partial charge in [-0.15, -0.1) is 0 Å². The van der Waals surface area contributed by atoms with Crippen LogP contribution in [0.15, 0.2) is 77.7 Å². The largest absolute Gasteiger partial charge is 0.495 e. The summed E-state index contributed by atoms with van der Waals surface area (Å²) in [5.41, 5.74) is 3.69. The first-order valence-electron chi connectivity index (χ1n) is 11.1. The molecule has 1 aliphatic rings. The van der Waals surface area contributed by atoms with Crippen LogP contribution in [0.25, 0.3) is 0 Å². The summed E-state index contributed by atoms with van der Waals surface area (Å²) in [5.74, 6) is -0.109. The molecule has 6 nitrogen and oxygen atoms in total. The van der Waals surface area contributed by atoms with Gasteiger partial charge in [-0.3, -0.25) is 4.79 Å². The van der Waals surface area contributed by atoms with Crippen molar-refractivity contribution in [3.63, 3.8) is 0 Å². The summed E-state index contributed by atoms with van der Waals surface area (Å²) >= 11 is 0. The highest BCUT2D eigenvalue weighted by Crippen LogP contribution is 2.30. The molecule has 0 bridgehead atoms. The standard InChI is InChI=1S/C26H28N2O4S/c1-32-24-15-14-21(26(29)28-23-13-7-11-20-10-5-6-12-22(20)23)18-25(24)33(30,31)27-17-16-19-8-3-2-4-9-19/h2-6,8-10,12,14-15,18,23,27H,7,11,13,16-17H2,1H3,(H,28,29)/t23-/m0/s1. The topological polar surface area (TPSA) is 84.5 Å². The number of rotatable bonds is 8. The van der Waals surface area contributed by atoms with Crippen molar-refractivity contribution >= 4 is 15.9 Å². The average Bonchev–Trinajstić information content (AvgIpc) is 2.84. The Balaban J connectivity index is 1.51. The zero-order valence-corrected chi connectivity index (χ0v) is 19.4. The Morgan fingerprint density at radius 3 is 2.58 bits per heavy atom. The minimum Gasteiger partial charge on any atom is -0.495 e. The molecule has 3 aromatic carbocycles. The lowest BCUT2D eigenvalue weighted by molar-refractivity contribution is 0.0932. The van der Waals surface area contributed by atoms with E-state index in [0.29, 0.717) is 6.42 Å². The molecule has 4 rings (SSSR count). The number of amides is 1. The van der Waals surface area contributed by atoms with Crippen molar-refractivity contribution in [3.8, 4) is 5.75 Å². The molecule has 0 saturated carbocycles. The number of fused-ring (bicyclic) bond motifs is 1. The predicted molar refractivity (Wildman–Crippen MR) is 128 cm³/mol. The van der Waals surface area contributed by atoms with Crippen LogP contribution in [-0.2, 0) is 22.9 Å². The lowest BCUT2D eigenvalue weighted by Gasteiger charge is -2.26. The summed E-state index contributed by atoms with van der Waals surface area (Å²) in [7, 11) is -2.45. The maximum absolute atomic E-state index is 13.0. The Kier molecular flexibility index (Phi) is 7.11. The minimum absolute atomic E-state index is 0.0465. The zero-order valence-electron chi connectivity index (χ0n) is 18.6. The summed E-state index contributed by atoms with van der Waals surface area (Å²) in [6, 6.07) is 22.2. The van der Waals surface area contributed by atoms with Crippen molar-refractivity contribution in [1.82, 2.24) is 10.0 Å². The van der Waals surface area contributed by atoms with E-state index in [1.54, 1.807) is 6.07 Å². The predicted octanol–water partition coefficient (Wildman–Crippen LogP) is 4.02. The Hall–Kier alpha value is -3.16. The molecule has 0 saturated heterocycles. The van der Waals surface area contributed by atoms with Gasteiger partial charge < -0.3 is 10.1 Å². The molecule has 1 aliphatic carbocycles. The van der Waals surface area contributed by atoms with E-state index in [1.807, 2.05) is 48.5 Å². The van der Waals surface area contributed by atoms with Gasteiger partial charge in [-0.25, -0.2) is 13.1 Å². The maximum Gasteiger partial charge on any atom is 0.251 e. The molecule has 0 heterocycles. The van der Waals surface area contributed by atoms with Crippen LogP contribution < -0.4 is 14.8 Å². The Morgan fingerprint density at radius 1 is 1.03 bits per heavy atom. The average molecular weight is 465 g/mol. The zero-order chi connectivity index (χ0) is 23.3. The van der Waals surface area contributed by atoms with Crippen molar-refractivity contribution in [2.45, 2.75) is 36.6 Å². The van der Waals surface area contributed by atoms with Gasteiger partial charge in [-0.05, 0) is 60.6 Å². The first-order valence-corrected chi connectivity index (χ1v) is 12.6. The van der Waals surface area contributed by atoms with Crippen LogP contribution in [0.5, 0.6) is 5.75 Å². The summed E-state index contributed by atoms with van der Waals surface area (Å²) in [6.07, 6.45) is 3.41. The number of sulfonamides is 1. The number of benzene rings is 3. The molecule has 0 spiro atoms. The molecule has 172 valence electrons. The second kappa shape index (κ2) is 10.2. The number of carbonyl (C=O) groups is 1. The molecule has 7 heteroatoms. The number of carbonyl (C=O) groups excluding carboxylic acids is 1. The van der Waals surface area contributed by atoms with E-state index in [9.17, 15) is 13.2 Å². The number of nitrogens with one attached hydrogen (secondary N) is 2. The van der Waals surface area contributed by atoms with E-state index in [-0.39, 0.29) is 34.7 Å². The third-order valence-electron chi connectivity index (χ3n) is 5.94. The molecule has 33 heavy (non-hydrogen) atoms. The molecule has 1 amide bonds. The highest BCUT2D eigenvalue weighted by Gasteiger charge is 2.25. The maximum atomic E-state index is 13.0. The van der Waals surface area contributed by atoms with Crippen LogP contribution >= 0.6 is 0 Å². The molecule has 0 aromatic heterocycles. The third kappa shape index (κ3) is 5.43. The van der Waals surface area contributed by atoms with Crippen LogP contribution in [0.1, 0.15) is 45.9 Å². The molecular weight excluding hydrogens is 436 g/mol. The SMILES string of the molecule is COc1ccc(C(=O)N[C@H]2CCCc3ccccc32)cc1S(=O)(=O)NCCc1ccccc1. The van der Waals surface area contributed by atoms with E-state index < -0.39 is 10.0 Å². The molecule has 3 aromatic rings. The van der Waals surface area contributed by atoms with Gasteiger partial charge in [0.25, 0.3) is 5.91 Å². The first kappa shape index (κ1) is 23.0. The van der Waals surface area contributed by atoms with E-state index in [4.69, 9.17) is 4.74 Å². The Labute approximate surface area is 195 Å². The molecule has 2 N–H and O–H groups in total. The summed E-state index contributed by atoms with van der Waals surface area (Å²) in [4.78, 5) is 13.0. The Morgan fingerprint density at radius 2 is 1.79 bits per heavy atom. The van der Waals surface area contributed by atoms with Gasteiger partial charge in [0.1, 0.15) is 10.6 Å². The van der Waals surface area contributed by atoms with E-state index in [2.05, 4.69) is 16.1 Å². The Bertz CT molecular complexity index is 1230. The number of aryl methyl sites for hydroxylation is 1. The number of hydrogen-bond donors (Lipinski definition) is 2. The van der Waals surface area contributed by atoms with Crippen LogP contribution in [0, 0.1) is 0 Å². The number of methoxy groups -OCH3 is 1. The highest BCUT2D eigenvalue weighted by atomic mass is 32.2. The second-order valence-electron chi connectivity index (χ2n) is 8.12. The van der Waals surface area contributed by atoms with Gasteiger partial charge in [0.05, 0.1) is 13.2 Å². The van der Waals surface area contributed by atoms with Gasteiger partial charge >= 0.3 is 0 Å². The van der Waals surface area contributed by atoms with Gasteiger partial charge in [0, 0.05) is 12.1 Å². The van der Waals surface area contributed by atoms with Crippen molar-refractivity contribution in [2.75, 3.05) is 13.7 Å². The number of ether oxygens (including phenoxy) is 1. The smallest absolute Gasteiger partial charge is 0.251 e.